The van der Waals surface area contributed by atoms with Gasteiger partial charge in [0.1, 0.15) is 12.4 Å². The molecule has 0 atom stereocenters. The third-order valence-corrected chi connectivity index (χ3v) is 5.91. The number of methoxy groups -OCH3 is 1. The summed E-state index contributed by atoms with van der Waals surface area (Å²) in [5, 5.41) is 1.99. The van der Waals surface area contributed by atoms with E-state index in [1.807, 2.05) is 66.9 Å². The normalized spacial score (nSPS) is 11.4. The molecule has 0 unspecified atom stereocenters. The largest absolute Gasteiger partial charge is 0.497 e. The van der Waals surface area contributed by atoms with Crippen LogP contribution in [-0.4, -0.2) is 17.6 Å². The van der Waals surface area contributed by atoms with Crippen molar-refractivity contribution in [1.82, 2.24) is 4.57 Å². The van der Waals surface area contributed by atoms with Crippen LogP contribution in [-0.2, 0) is 17.9 Å². The summed E-state index contributed by atoms with van der Waals surface area (Å²) < 4.78 is 12.9. The second-order valence-corrected chi connectivity index (χ2v) is 8.17. The second-order valence-electron chi connectivity index (χ2n) is 7.33. The molecule has 4 rings (SSSR count). The van der Waals surface area contributed by atoms with Crippen molar-refractivity contribution in [1.29, 1.82) is 0 Å². The minimum atomic E-state index is -0.337. The number of esters is 1. The van der Waals surface area contributed by atoms with Crippen LogP contribution < -0.4 is 9.54 Å². The van der Waals surface area contributed by atoms with Crippen molar-refractivity contribution in [2.75, 3.05) is 7.11 Å². The molecule has 1 aromatic heterocycles. The number of carbonyl (C=O) groups excluding carboxylic acids is 1. The van der Waals surface area contributed by atoms with Crippen LogP contribution in [0.1, 0.15) is 27.2 Å². The zero-order valence-corrected chi connectivity index (χ0v) is 18.8. The van der Waals surface area contributed by atoms with Crippen molar-refractivity contribution in [2.45, 2.75) is 20.1 Å². The SMILES string of the molecule is COc1ccc(N=c2scc(COC(=O)c3ccc(C)cc3)n2Cc2ccccc2)cc1. The predicted molar refractivity (Wildman–Crippen MR) is 126 cm³/mol. The van der Waals surface area contributed by atoms with Gasteiger partial charge in [0, 0.05) is 5.38 Å². The molecule has 0 radical (unpaired) electrons. The maximum atomic E-state index is 12.5. The first-order valence-electron chi connectivity index (χ1n) is 10.3. The fraction of sp³-hybridized carbons (Fsp3) is 0.154. The molecule has 0 aliphatic rings. The van der Waals surface area contributed by atoms with Crippen molar-refractivity contribution < 1.29 is 14.3 Å². The predicted octanol–water partition coefficient (Wildman–Crippen LogP) is 5.50. The summed E-state index contributed by atoms with van der Waals surface area (Å²) >= 11 is 1.52. The topological polar surface area (TPSA) is 52.8 Å². The van der Waals surface area contributed by atoms with Crippen LogP contribution in [0, 0.1) is 6.92 Å². The molecule has 5 nitrogen and oxygen atoms in total. The van der Waals surface area contributed by atoms with E-state index in [-0.39, 0.29) is 12.6 Å². The summed E-state index contributed by atoms with van der Waals surface area (Å²) in [7, 11) is 1.64. The molecule has 0 aliphatic heterocycles. The molecule has 0 N–H and O–H groups in total. The second kappa shape index (κ2) is 10.1. The lowest BCUT2D eigenvalue weighted by Crippen LogP contribution is -2.19. The molecule has 0 saturated heterocycles. The lowest BCUT2D eigenvalue weighted by molar-refractivity contribution is 0.0463. The molecule has 162 valence electrons. The Labute approximate surface area is 191 Å². The number of aryl methyl sites for hydroxylation is 1. The molecular weight excluding hydrogens is 420 g/mol. The van der Waals surface area contributed by atoms with Crippen molar-refractivity contribution in [2.24, 2.45) is 4.99 Å². The summed E-state index contributed by atoms with van der Waals surface area (Å²) in [5.74, 6) is 0.451. The zero-order valence-electron chi connectivity index (χ0n) is 18.0. The number of hydrogen-bond acceptors (Lipinski definition) is 5. The number of nitrogens with zero attached hydrogens (tertiary/aromatic N) is 2. The number of aromatic nitrogens is 1. The van der Waals surface area contributed by atoms with Crippen LogP contribution >= 0.6 is 11.3 Å². The molecule has 4 aromatic rings. The molecule has 0 bridgehead atoms. The third-order valence-electron chi connectivity index (χ3n) is 5.00. The molecule has 0 amide bonds. The van der Waals surface area contributed by atoms with E-state index in [2.05, 4.69) is 16.7 Å². The summed E-state index contributed by atoms with van der Waals surface area (Å²) in [5.41, 5.74) is 4.52. The van der Waals surface area contributed by atoms with Gasteiger partial charge in [0.2, 0.25) is 0 Å². The van der Waals surface area contributed by atoms with E-state index in [0.717, 1.165) is 33.1 Å². The highest BCUT2D eigenvalue weighted by Gasteiger charge is 2.12. The van der Waals surface area contributed by atoms with E-state index in [9.17, 15) is 4.79 Å². The van der Waals surface area contributed by atoms with Gasteiger partial charge in [-0.3, -0.25) is 0 Å². The first kappa shape index (κ1) is 21.6. The lowest BCUT2D eigenvalue weighted by atomic mass is 10.1. The zero-order chi connectivity index (χ0) is 22.3. The molecular formula is C26H24N2O3S. The van der Waals surface area contributed by atoms with E-state index in [4.69, 9.17) is 14.5 Å². The van der Waals surface area contributed by atoms with Gasteiger partial charge in [-0.25, -0.2) is 9.79 Å². The average molecular weight is 445 g/mol. The summed E-state index contributed by atoms with van der Waals surface area (Å²) in [6.45, 7) is 2.80. The highest BCUT2D eigenvalue weighted by Crippen LogP contribution is 2.18. The van der Waals surface area contributed by atoms with Gasteiger partial charge < -0.3 is 14.0 Å². The van der Waals surface area contributed by atoms with Crippen molar-refractivity contribution >= 4 is 23.0 Å². The minimum Gasteiger partial charge on any atom is -0.497 e. The molecule has 0 spiro atoms. The molecule has 6 heteroatoms. The highest BCUT2D eigenvalue weighted by molar-refractivity contribution is 7.07. The van der Waals surface area contributed by atoms with Crippen LogP contribution in [0.25, 0.3) is 0 Å². The van der Waals surface area contributed by atoms with Crippen LogP contribution in [0.15, 0.2) is 89.2 Å². The Hall–Kier alpha value is -3.64. The van der Waals surface area contributed by atoms with Gasteiger partial charge in [-0.1, -0.05) is 48.0 Å². The van der Waals surface area contributed by atoms with Gasteiger partial charge in [-0.2, -0.15) is 0 Å². The van der Waals surface area contributed by atoms with Gasteiger partial charge in [-0.15, -0.1) is 11.3 Å². The van der Waals surface area contributed by atoms with Crippen LogP contribution in [0.2, 0.25) is 0 Å². The van der Waals surface area contributed by atoms with Crippen molar-refractivity contribution in [3.05, 3.63) is 111 Å². The molecule has 0 saturated carbocycles. The van der Waals surface area contributed by atoms with Crippen molar-refractivity contribution in [3.8, 4) is 5.75 Å². The van der Waals surface area contributed by atoms with Crippen LogP contribution in [0.3, 0.4) is 0 Å². The monoisotopic (exact) mass is 444 g/mol. The average Bonchev–Trinajstić information content (AvgIpc) is 3.20. The summed E-state index contributed by atoms with van der Waals surface area (Å²) in [6, 6.07) is 25.2. The first-order chi connectivity index (χ1) is 15.6. The van der Waals surface area contributed by atoms with Crippen LogP contribution in [0.4, 0.5) is 5.69 Å². The van der Waals surface area contributed by atoms with Gasteiger partial charge in [0.25, 0.3) is 0 Å². The Balaban J connectivity index is 1.61. The van der Waals surface area contributed by atoms with Gasteiger partial charge in [0.05, 0.1) is 30.6 Å². The number of ether oxygens (including phenoxy) is 2. The van der Waals surface area contributed by atoms with E-state index in [1.54, 1.807) is 19.2 Å². The number of benzene rings is 3. The quantitative estimate of drug-likeness (QED) is 0.354. The number of rotatable bonds is 7. The Morgan fingerprint density at radius 3 is 2.38 bits per heavy atom. The van der Waals surface area contributed by atoms with E-state index < -0.39 is 0 Å². The molecule has 1 heterocycles. The molecule has 0 fully saturated rings. The molecule has 32 heavy (non-hydrogen) atoms. The fourth-order valence-corrected chi connectivity index (χ4v) is 4.09. The van der Waals surface area contributed by atoms with Crippen LogP contribution in [0.5, 0.6) is 5.75 Å². The van der Waals surface area contributed by atoms with E-state index in [1.165, 1.54) is 11.3 Å². The smallest absolute Gasteiger partial charge is 0.338 e. The number of thiazole rings is 1. The third kappa shape index (κ3) is 5.34. The summed E-state index contributed by atoms with van der Waals surface area (Å²) in [6.07, 6.45) is 0. The highest BCUT2D eigenvalue weighted by atomic mass is 32.1. The Morgan fingerprint density at radius 2 is 1.69 bits per heavy atom. The maximum absolute atomic E-state index is 12.5. The Kier molecular flexibility index (Phi) is 6.82. The maximum Gasteiger partial charge on any atom is 0.338 e. The summed E-state index contributed by atoms with van der Waals surface area (Å²) in [4.78, 5) is 18.1. The number of carbonyl (C=O) groups is 1. The first-order valence-corrected chi connectivity index (χ1v) is 11.1. The van der Waals surface area contributed by atoms with E-state index >= 15 is 0 Å². The standard InChI is InChI=1S/C26H24N2O3S/c1-19-8-10-21(11-9-19)25(29)31-17-23-18-32-26(27-22-12-14-24(30-2)15-13-22)28(23)16-20-6-4-3-5-7-20/h3-15,18H,16-17H2,1-2H3. The minimum absolute atomic E-state index is 0.175. The Morgan fingerprint density at radius 1 is 0.969 bits per heavy atom. The fourth-order valence-electron chi connectivity index (χ4n) is 3.18. The van der Waals surface area contributed by atoms with Gasteiger partial charge in [-0.05, 0) is 48.9 Å². The van der Waals surface area contributed by atoms with E-state index in [0.29, 0.717) is 12.1 Å². The molecule has 0 aliphatic carbocycles. The van der Waals surface area contributed by atoms with Gasteiger partial charge in [0.15, 0.2) is 4.80 Å². The van der Waals surface area contributed by atoms with Crippen molar-refractivity contribution in [3.63, 3.8) is 0 Å². The molecule has 3 aromatic carbocycles. The van der Waals surface area contributed by atoms with Gasteiger partial charge >= 0.3 is 5.97 Å². The number of hydrogen-bond donors (Lipinski definition) is 0. The lowest BCUT2D eigenvalue weighted by Gasteiger charge is -2.10. The Bertz CT molecular complexity index is 1240.